The maximum atomic E-state index is 4.81. The monoisotopic (exact) mass is 289 g/mol. The maximum Gasteiger partial charge on any atom is 0.0640 e. The zero-order valence-corrected chi connectivity index (χ0v) is 13.9. The number of fused-ring (bicyclic) bond motifs is 1. The zero-order chi connectivity index (χ0) is 14.8. The highest BCUT2D eigenvalue weighted by Gasteiger charge is 2.47. The molecular formula is C18H31N3. The van der Waals surface area contributed by atoms with Crippen LogP contribution in [-0.4, -0.2) is 22.4 Å². The van der Waals surface area contributed by atoms with Crippen LogP contribution in [0.5, 0.6) is 0 Å². The van der Waals surface area contributed by atoms with Crippen LogP contribution in [0.15, 0.2) is 12.3 Å². The quantitative estimate of drug-likeness (QED) is 0.788. The number of nitrogens with zero attached hydrogens (tertiary/aromatic N) is 2. The summed E-state index contributed by atoms with van der Waals surface area (Å²) in [5.74, 6) is 3.02. The largest absolute Gasteiger partial charge is 0.313 e. The zero-order valence-electron chi connectivity index (χ0n) is 13.9. The molecule has 3 rings (SSSR count). The van der Waals surface area contributed by atoms with Crippen LogP contribution >= 0.6 is 0 Å². The molecule has 0 spiro atoms. The summed E-state index contributed by atoms with van der Waals surface area (Å²) in [7, 11) is 0. The maximum absolute atomic E-state index is 4.81. The van der Waals surface area contributed by atoms with Gasteiger partial charge in [-0.15, -0.1) is 0 Å². The second kappa shape index (κ2) is 6.51. The van der Waals surface area contributed by atoms with Gasteiger partial charge < -0.3 is 5.32 Å². The Morgan fingerprint density at radius 3 is 2.71 bits per heavy atom. The smallest absolute Gasteiger partial charge is 0.0640 e. The number of hydrogen-bond donors (Lipinski definition) is 1. The van der Waals surface area contributed by atoms with E-state index in [1.807, 2.05) is 0 Å². The molecule has 2 saturated carbocycles. The van der Waals surface area contributed by atoms with E-state index in [9.17, 15) is 0 Å². The summed E-state index contributed by atoms with van der Waals surface area (Å²) in [4.78, 5) is 0. The average Bonchev–Trinajstić information content (AvgIpc) is 2.92. The lowest BCUT2D eigenvalue weighted by atomic mass is 9.91. The number of nitrogens with one attached hydrogen (secondary N) is 1. The Morgan fingerprint density at radius 1 is 1.29 bits per heavy atom. The molecule has 1 heterocycles. The van der Waals surface area contributed by atoms with Crippen molar-refractivity contribution in [2.75, 3.05) is 6.54 Å². The highest BCUT2D eigenvalue weighted by atomic mass is 15.3. The molecule has 0 aromatic carbocycles. The van der Waals surface area contributed by atoms with E-state index in [1.54, 1.807) is 0 Å². The molecule has 0 bridgehead atoms. The fraction of sp³-hybridized carbons (Fsp3) is 0.833. The summed E-state index contributed by atoms with van der Waals surface area (Å²) in [6, 6.07) is 3.38. The first kappa shape index (κ1) is 15.1. The van der Waals surface area contributed by atoms with Crippen molar-refractivity contribution in [2.45, 2.75) is 71.4 Å². The van der Waals surface area contributed by atoms with E-state index in [0.717, 1.165) is 37.1 Å². The predicted molar refractivity (Wildman–Crippen MR) is 87.3 cm³/mol. The molecule has 21 heavy (non-hydrogen) atoms. The summed E-state index contributed by atoms with van der Waals surface area (Å²) in [6.07, 6.45) is 10.1. The van der Waals surface area contributed by atoms with E-state index in [4.69, 9.17) is 5.10 Å². The first-order valence-electron chi connectivity index (χ1n) is 8.98. The lowest BCUT2D eigenvalue weighted by molar-refractivity contribution is 0.329. The Kier molecular flexibility index (Phi) is 4.68. The molecule has 0 aliphatic heterocycles. The molecule has 3 heteroatoms. The number of rotatable bonds is 8. The molecule has 0 amide bonds. The molecule has 1 N–H and O–H groups in total. The van der Waals surface area contributed by atoms with Gasteiger partial charge in [-0.05, 0) is 69.4 Å². The third-order valence-electron chi connectivity index (χ3n) is 5.64. The molecule has 0 radical (unpaired) electrons. The molecule has 2 aliphatic rings. The minimum atomic E-state index is 0.514. The Balaban J connectivity index is 1.61. The van der Waals surface area contributed by atoms with Crippen LogP contribution in [0.1, 0.15) is 64.6 Å². The third kappa shape index (κ3) is 3.50. The van der Waals surface area contributed by atoms with E-state index in [2.05, 4.69) is 43.0 Å². The molecule has 118 valence electrons. The van der Waals surface area contributed by atoms with Gasteiger partial charge in [-0.1, -0.05) is 13.8 Å². The van der Waals surface area contributed by atoms with Crippen molar-refractivity contribution in [3.63, 3.8) is 0 Å². The lowest BCUT2D eigenvalue weighted by Crippen LogP contribution is -2.38. The van der Waals surface area contributed by atoms with Crippen molar-refractivity contribution in [3.8, 4) is 0 Å². The summed E-state index contributed by atoms with van der Waals surface area (Å²) < 4.78 is 2.14. The molecule has 2 fully saturated rings. The highest BCUT2D eigenvalue weighted by Crippen LogP contribution is 2.55. The minimum absolute atomic E-state index is 0.514. The topological polar surface area (TPSA) is 29.9 Å². The van der Waals surface area contributed by atoms with Gasteiger partial charge in [-0.3, -0.25) is 4.68 Å². The van der Waals surface area contributed by atoms with Gasteiger partial charge in [0, 0.05) is 24.7 Å². The van der Waals surface area contributed by atoms with Gasteiger partial charge in [0.25, 0.3) is 0 Å². The summed E-state index contributed by atoms with van der Waals surface area (Å²) in [6.45, 7) is 7.87. The van der Waals surface area contributed by atoms with Crippen LogP contribution in [0, 0.1) is 17.8 Å². The summed E-state index contributed by atoms with van der Waals surface area (Å²) in [5.41, 5.74) is 1.27. The first-order chi connectivity index (χ1) is 10.2. The van der Waals surface area contributed by atoms with Gasteiger partial charge in [-0.25, -0.2) is 0 Å². The third-order valence-corrected chi connectivity index (χ3v) is 5.64. The molecule has 2 aliphatic carbocycles. The van der Waals surface area contributed by atoms with Crippen LogP contribution in [0.3, 0.4) is 0 Å². The summed E-state index contributed by atoms with van der Waals surface area (Å²) in [5, 5.41) is 8.61. The molecule has 1 aromatic heterocycles. The predicted octanol–water partition coefficient (Wildman–Crippen LogP) is 3.81. The number of hydrogen-bond acceptors (Lipinski definition) is 2. The van der Waals surface area contributed by atoms with Crippen molar-refractivity contribution in [3.05, 3.63) is 18.0 Å². The normalized spacial score (nSPS) is 30.1. The van der Waals surface area contributed by atoms with E-state index < -0.39 is 0 Å². The Labute approximate surface area is 129 Å². The summed E-state index contributed by atoms with van der Waals surface area (Å²) >= 11 is 0. The van der Waals surface area contributed by atoms with E-state index in [-0.39, 0.29) is 0 Å². The highest BCUT2D eigenvalue weighted by molar-refractivity contribution is 5.06. The van der Waals surface area contributed by atoms with Crippen molar-refractivity contribution in [1.82, 2.24) is 15.1 Å². The molecule has 4 unspecified atom stereocenters. The van der Waals surface area contributed by atoms with Gasteiger partial charge in [0.2, 0.25) is 0 Å². The van der Waals surface area contributed by atoms with Gasteiger partial charge in [0.1, 0.15) is 0 Å². The Bertz CT molecular complexity index is 443. The van der Waals surface area contributed by atoms with E-state index in [1.165, 1.54) is 31.4 Å². The van der Waals surface area contributed by atoms with Crippen molar-refractivity contribution < 1.29 is 0 Å². The van der Waals surface area contributed by atoms with E-state index >= 15 is 0 Å². The van der Waals surface area contributed by atoms with E-state index in [0.29, 0.717) is 12.1 Å². The van der Waals surface area contributed by atoms with Gasteiger partial charge >= 0.3 is 0 Å². The van der Waals surface area contributed by atoms with Crippen molar-refractivity contribution >= 4 is 0 Å². The van der Waals surface area contributed by atoms with Crippen LogP contribution in [0.2, 0.25) is 0 Å². The van der Waals surface area contributed by atoms with Gasteiger partial charge in [0.05, 0.1) is 5.69 Å². The first-order valence-corrected chi connectivity index (χ1v) is 8.98. The van der Waals surface area contributed by atoms with Crippen molar-refractivity contribution in [2.24, 2.45) is 17.8 Å². The average molecular weight is 289 g/mol. The Hall–Kier alpha value is -0.830. The van der Waals surface area contributed by atoms with Gasteiger partial charge in [-0.2, -0.15) is 5.10 Å². The van der Waals surface area contributed by atoms with Gasteiger partial charge in [0.15, 0.2) is 0 Å². The second-order valence-electron chi connectivity index (χ2n) is 7.30. The second-order valence-corrected chi connectivity index (χ2v) is 7.30. The molecular weight excluding hydrogens is 258 g/mol. The molecule has 0 saturated heterocycles. The molecule has 4 atom stereocenters. The van der Waals surface area contributed by atoms with Crippen LogP contribution in [-0.2, 0) is 6.42 Å². The number of aromatic nitrogens is 2. The standard InChI is InChI=1S/C18H31N3/c1-4-7-19-18(16-10-14-9-15(14)11-16)12-17-6-8-21(20-17)13(3)5-2/h6,8,13-16,18-19H,4-5,7,9-12H2,1-3H3. The minimum Gasteiger partial charge on any atom is -0.313 e. The van der Waals surface area contributed by atoms with Crippen molar-refractivity contribution in [1.29, 1.82) is 0 Å². The Morgan fingerprint density at radius 2 is 2.05 bits per heavy atom. The van der Waals surface area contributed by atoms with Crippen LogP contribution in [0.25, 0.3) is 0 Å². The van der Waals surface area contributed by atoms with Crippen LogP contribution < -0.4 is 5.32 Å². The SMILES string of the molecule is CCCNC(Cc1ccn(C(C)CC)n1)C1CC2CC2C1. The molecule has 3 nitrogen and oxygen atoms in total. The van der Waals surface area contributed by atoms with Crippen LogP contribution in [0.4, 0.5) is 0 Å². The molecule has 1 aromatic rings. The fourth-order valence-electron chi connectivity index (χ4n) is 3.97. The lowest BCUT2D eigenvalue weighted by Gasteiger charge is -2.25. The fourth-order valence-corrected chi connectivity index (χ4v) is 3.97.